The highest BCUT2D eigenvalue weighted by atomic mass is 16.6. The second kappa shape index (κ2) is 7.01. The van der Waals surface area contributed by atoms with Crippen LogP contribution in [0.15, 0.2) is 48.5 Å². The van der Waals surface area contributed by atoms with Crippen molar-refractivity contribution < 1.29 is 9.72 Å². The third-order valence-electron chi connectivity index (χ3n) is 3.72. The number of nitrogens with zero attached hydrogens (tertiary/aromatic N) is 1. The highest BCUT2D eigenvalue weighted by molar-refractivity contribution is 6.07. The first kappa shape index (κ1) is 16.6. The van der Waals surface area contributed by atoms with E-state index in [0.29, 0.717) is 17.0 Å². The Balaban J connectivity index is 2.18. The second-order valence-electron chi connectivity index (χ2n) is 5.78. The van der Waals surface area contributed by atoms with Gasteiger partial charge in [0.1, 0.15) is 0 Å². The summed E-state index contributed by atoms with van der Waals surface area (Å²) >= 11 is 0. The number of hydrogen-bond donors (Lipinski definition) is 0. The van der Waals surface area contributed by atoms with Gasteiger partial charge in [-0.1, -0.05) is 56.3 Å². The molecule has 0 unspecified atom stereocenters. The lowest BCUT2D eigenvalue weighted by molar-refractivity contribution is -0.385. The maximum Gasteiger partial charge on any atom is 0.273 e. The Morgan fingerprint density at radius 2 is 1.78 bits per heavy atom. The van der Waals surface area contributed by atoms with Crippen LogP contribution >= 0.6 is 0 Å². The summed E-state index contributed by atoms with van der Waals surface area (Å²) in [4.78, 5) is 22.6. The lowest BCUT2D eigenvalue weighted by atomic mass is 10.0. The first-order valence-electron chi connectivity index (χ1n) is 7.46. The molecule has 0 aromatic heterocycles. The van der Waals surface area contributed by atoms with Crippen molar-refractivity contribution >= 4 is 17.5 Å². The maximum atomic E-state index is 12.2. The van der Waals surface area contributed by atoms with Gasteiger partial charge in [0, 0.05) is 17.2 Å². The maximum absolute atomic E-state index is 12.2. The van der Waals surface area contributed by atoms with Gasteiger partial charge in [-0.05, 0) is 30.0 Å². The van der Waals surface area contributed by atoms with Crippen LogP contribution in [-0.2, 0) is 0 Å². The van der Waals surface area contributed by atoms with E-state index in [9.17, 15) is 14.9 Å². The van der Waals surface area contributed by atoms with E-state index >= 15 is 0 Å². The van der Waals surface area contributed by atoms with Gasteiger partial charge in [0.2, 0.25) is 0 Å². The molecular weight excluding hydrogens is 290 g/mol. The van der Waals surface area contributed by atoms with E-state index in [1.54, 1.807) is 25.1 Å². The zero-order chi connectivity index (χ0) is 17.0. The van der Waals surface area contributed by atoms with Crippen LogP contribution in [0, 0.1) is 17.0 Å². The molecule has 0 bridgehead atoms. The van der Waals surface area contributed by atoms with Crippen molar-refractivity contribution in [3.05, 3.63) is 80.9 Å². The summed E-state index contributed by atoms with van der Waals surface area (Å²) < 4.78 is 0. The fourth-order valence-corrected chi connectivity index (χ4v) is 2.22. The molecule has 0 aliphatic carbocycles. The fourth-order valence-electron chi connectivity index (χ4n) is 2.22. The Hall–Kier alpha value is -2.75. The van der Waals surface area contributed by atoms with Gasteiger partial charge in [-0.2, -0.15) is 0 Å². The molecule has 0 fully saturated rings. The molecule has 0 aliphatic rings. The van der Waals surface area contributed by atoms with Gasteiger partial charge in [0.25, 0.3) is 5.69 Å². The molecule has 0 saturated carbocycles. The van der Waals surface area contributed by atoms with E-state index < -0.39 is 4.92 Å². The molecule has 0 atom stereocenters. The van der Waals surface area contributed by atoms with Crippen LogP contribution in [0.4, 0.5) is 5.69 Å². The van der Waals surface area contributed by atoms with E-state index in [-0.39, 0.29) is 11.5 Å². The molecule has 4 nitrogen and oxygen atoms in total. The van der Waals surface area contributed by atoms with Crippen LogP contribution in [0.1, 0.15) is 46.8 Å². The zero-order valence-corrected chi connectivity index (χ0v) is 13.4. The molecule has 23 heavy (non-hydrogen) atoms. The summed E-state index contributed by atoms with van der Waals surface area (Å²) in [7, 11) is 0. The standard InChI is InChI=1S/C19H19NO3/c1-13(2)16-9-5-15(6-10-16)7-11-19(21)17-8-4-14(3)18(12-17)20(22)23/h4-13H,1-3H3/b11-7+. The van der Waals surface area contributed by atoms with E-state index in [0.717, 1.165) is 5.56 Å². The van der Waals surface area contributed by atoms with Crippen LogP contribution in [-0.4, -0.2) is 10.7 Å². The molecule has 0 saturated heterocycles. The minimum Gasteiger partial charge on any atom is -0.289 e. The number of hydrogen-bond acceptors (Lipinski definition) is 3. The Morgan fingerprint density at radius 1 is 1.13 bits per heavy atom. The average molecular weight is 309 g/mol. The molecule has 2 rings (SSSR count). The Kier molecular flexibility index (Phi) is 5.06. The molecule has 0 heterocycles. The van der Waals surface area contributed by atoms with Crippen molar-refractivity contribution in [3.8, 4) is 0 Å². The molecule has 0 radical (unpaired) electrons. The Labute approximate surface area is 135 Å². The van der Waals surface area contributed by atoms with Gasteiger partial charge in [-0.25, -0.2) is 0 Å². The number of allylic oxidation sites excluding steroid dienone is 1. The molecule has 4 heteroatoms. The number of carbonyl (C=O) groups is 1. The third-order valence-corrected chi connectivity index (χ3v) is 3.72. The number of aryl methyl sites for hydroxylation is 1. The summed E-state index contributed by atoms with van der Waals surface area (Å²) in [6.45, 7) is 5.90. The van der Waals surface area contributed by atoms with E-state index in [4.69, 9.17) is 0 Å². The zero-order valence-electron chi connectivity index (χ0n) is 13.4. The highest BCUT2D eigenvalue weighted by Crippen LogP contribution is 2.20. The van der Waals surface area contributed by atoms with Crippen molar-refractivity contribution in [1.29, 1.82) is 0 Å². The number of benzene rings is 2. The summed E-state index contributed by atoms with van der Waals surface area (Å²) in [5.41, 5.74) is 2.98. The lowest BCUT2D eigenvalue weighted by Gasteiger charge is -2.04. The van der Waals surface area contributed by atoms with Gasteiger partial charge < -0.3 is 0 Å². The van der Waals surface area contributed by atoms with Crippen LogP contribution in [0.5, 0.6) is 0 Å². The van der Waals surface area contributed by atoms with E-state index in [1.165, 1.54) is 17.7 Å². The van der Waals surface area contributed by atoms with Crippen LogP contribution in [0.25, 0.3) is 6.08 Å². The highest BCUT2D eigenvalue weighted by Gasteiger charge is 2.13. The molecule has 0 spiro atoms. The molecule has 2 aromatic rings. The number of nitro groups is 1. The van der Waals surface area contributed by atoms with Crippen molar-refractivity contribution in [2.45, 2.75) is 26.7 Å². The molecule has 118 valence electrons. The average Bonchev–Trinajstić information content (AvgIpc) is 2.53. The monoisotopic (exact) mass is 309 g/mol. The van der Waals surface area contributed by atoms with Crippen LogP contribution in [0.3, 0.4) is 0 Å². The van der Waals surface area contributed by atoms with Crippen molar-refractivity contribution in [2.24, 2.45) is 0 Å². The second-order valence-corrected chi connectivity index (χ2v) is 5.78. The number of ketones is 1. The minimum absolute atomic E-state index is 0.0365. The minimum atomic E-state index is -0.472. The third kappa shape index (κ3) is 4.13. The summed E-state index contributed by atoms with van der Waals surface area (Å²) in [6.07, 6.45) is 3.16. The van der Waals surface area contributed by atoms with Crippen LogP contribution < -0.4 is 0 Å². The molecule has 2 aromatic carbocycles. The normalized spacial score (nSPS) is 11.1. The van der Waals surface area contributed by atoms with Gasteiger partial charge in [0.15, 0.2) is 5.78 Å². The first-order chi connectivity index (χ1) is 10.9. The SMILES string of the molecule is Cc1ccc(C(=O)/C=C/c2ccc(C(C)C)cc2)cc1[N+](=O)[O-]. The molecule has 0 amide bonds. The lowest BCUT2D eigenvalue weighted by Crippen LogP contribution is -1.98. The Bertz CT molecular complexity index is 759. The van der Waals surface area contributed by atoms with Crippen molar-refractivity contribution in [1.82, 2.24) is 0 Å². The summed E-state index contributed by atoms with van der Waals surface area (Å²) in [5, 5.41) is 10.9. The van der Waals surface area contributed by atoms with Crippen LogP contribution in [0.2, 0.25) is 0 Å². The first-order valence-corrected chi connectivity index (χ1v) is 7.46. The molecule has 0 N–H and O–H groups in total. The van der Waals surface area contributed by atoms with Crippen molar-refractivity contribution in [3.63, 3.8) is 0 Å². The molecular formula is C19H19NO3. The fraction of sp³-hybridized carbons (Fsp3) is 0.211. The number of nitro benzene ring substituents is 1. The van der Waals surface area contributed by atoms with E-state index in [2.05, 4.69) is 13.8 Å². The predicted molar refractivity (Wildman–Crippen MR) is 91.7 cm³/mol. The van der Waals surface area contributed by atoms with Gasteiger partial charge >= 0.3 is 0 Å². The van der Waals surface area contributed by atoms with Crippen molar-refractivity contribution in [2.75, 3.05) is 0 Å². The quantitative estimate of drug-likeness (QED) is 0.341. The predicted octanol–water partition coefficient (Wildman–Crippen LogP) is 4.92. The van der Waals surface area contributed by atoms with Gasteiger partial charge in [-0.3, -0.25) is 14.9 Å². The summed E-state index contributed by atoms with van der Waals surface area (Å²) in [5.74, 6) is 0.212. The molecule has 0 aliphatic heterocycles. The summed E-state index contributed by atoms with van der Waals surface area (Å²) in [6, 6.07) is 12.5. The van der Waals surface area contributed by atoms with E-state index in [1.807, 2.05) is 24.3 Å². The largest absolute Gasteiger partial charge is 0.289 e. The smallest absolute Gasteiger partial charge is 0.273 e. The van der Waals surface area contributed by atoms with Gasteiger partial charge in [-0.15, -0.1) is 0 Å². The number of rotatable bonds is 5. The number of carbonyl (C=O) groups excluding carboxylic acids is 1. The Morgan fingerprint density at radius 3 is 2.35 bits per heavy atom. The van der Waals surface area contributed by atoms with Gasteiger partial charge in [0.05, 0.1) is 4.92 Å². The topological polar surface area (TPSA) is 60.2 Å².